The van der Waals surface area contributed by atoms with Gasteiger partial charge in [0.15, 0.2) is 17.5 Å². The van der Waals surface area contributed by atoms with Crippen LogP contribution in [0.5, 0.6) is 11.5 Å². The lowest BCUT2D eigenvalue weighted by atomic mass is 9.99. The molecule has 6 aromatic rings. The first-order chi connectivity index (χ1) is 20.5. The van der Waals surface area contributed by atoms with Crippen LogP contribution in [0.2, 0.25) is 0 Å². The van der Waals surface area contributed by atoms with Crippen molar-refractivity contribution in [1.29, 1.82) is 0 Å². The molecule has 0 radical (unpaired) electrons. The molecule has 42 heavy (non-hydrogen) atoms. The van der Waals surface area contributed by atoms with Crippen LogP contribution in [-0.2, 0) is 0 Å². The topological polar surface area (TPSA) is 68.1 Å². The third-order valence-corrected chi connectivity index (χ3v) is 7.88. The van der Waals surface area contributed by atoms with Crippen molar-refractivity contribution < 1.29 is 9.84 Å². The van der Waals surface area contributed by atoms with E-state index in [9.17, 15) is 5.11 Å². The van der Waals surface area contributed by atoms with Crippen molar-refractivity contribution in [3.63, 3.8) is 0 Å². The first kappa shape index (κ1) is 27.4. The molecule has 0 aliphatic rings. The van der Waals surface area contributed by atoms with E-state index in [2.05, 4.69) is 69.3 Å². The van der Waals surface area contributed by atoms with Gasteiger partial charge >= 0.3 is 0 Å². The van der Waals surface area contributed by atoms with Gasteiger partial charge in [-0.15, -0.1) is 0 Å². The smallest absolute Gasteiger partial charge is 0.167 e. The first-order valence-corrected chi connectivity index (χ1v) is 14.7. The van der Waals surface area contributed by atoms with E-state index in [1.54, 1.807) is 6.07 Å². The number of unbranched alkanes of at least 4 members (excludes halogenated alkanes) is 3. The molecule has 1 N–H and O–H groups in total. The molecule has 0 amide bonds. The minimum absolute atomic E-state index is 0.0756. The molecular weight excluding hydrogens is 518 g/mol. The molecule has 0 bridgehead atoms. The fourth-order valence-corrected chi connectivity index (χ4v) is 5.54. The predicted molar refractivity (Wildman–Crippen MR) is 172 cm³/mol. The highest BCUT2D eigenvalue weighted by Crippen LogP contribution is 2.36. The second-order valence-electron chi connectivity index (χ2n) is 10.8. The summed E-state index contributed by atoms with van der Waals surface area (Å²) in [4.78, 5) is 14.9. The highest BCUT2D eigenvalue weighted by atomic mass is 16.5. The van der Waals surface area contributed by atoms with Gasteiger partial charge in [-0.1, -0.05) is 99.0 Å². The Hall–Kier alpha value is -4.77. The Labute approximate surface area is 246 Å². The number of hydrogen-bond acceptors (Lipinski definition) is 5. The molecule has 0 saturated carbocycles. The number of phenolic OH excluding ortho intramolecular Hbond substituents is 1. The molecule has 1 aromatic heterocycles. The van der Waals surface area contributed by atoms with Crippen LogP contribution in [0.3, 0.4) is 0 Å². The zero-order chi connectivity index (χ0) is 29.1. The fourth-order valence-electron chi connectivity index (χ4n) is 5.54. The van der Waals surface area contributed by atoms with Crippen LogP contribution >= 0.6 is 0 Å². The second-order valence-corrected chi connectivity index (χ2v) is 10.8. The number of nitrogens with zero attached hydrogens (tertiary/aromatic N) is 3. The van der Waals surface area contributed by atoms with Gasteiger partial charge in [0.25, 0.3) is 0 Å². The number of aromatic hydroxyl groups is 1. The molecule has 5 nitrogen and oxygen atoms in total. The van der Waals surface area contributed by atoms with Crippen LogP contribution in [0.1, 0.15) is 43.7 Å². The summed E-state index contributed by atoms with van der Waals surface area (Å²) in [6.45, 7) is 7.04. The van der Waals surface area contributed by atoms with Crippen LogP contribution in [0.4, 0.5) is 0 Å². The molecule has 6 rings (SSSR count). The highest BCUT2D eigenvalue weighted by molar-refractivity contribution is 5.99. The van der Waals surface area contributed by atoms with Gasteiger partial charge in [0.1, 0.15) is 11.5 Å². The summed E-state index contributed by atoms with van der Waals surface area (Å²) < 4.78 is 5.92. The van der Waals surface area contributed by atoms with Gasteiger partial charge in [0.2, 0.25) is 0 Å². The van der Waals surface area contributed by atoms with E-state index >= 15 is 0 Å². The minimum Gasteiger partial charge on any atom is -0.507 e. The third kappa shape index (κ3) is 5.42. The summed E-state index contributed by atoms with van der Waals surface area (Å²) in [5.41, 5.74) is 4.76. The number of ether oxygens (including phenoxy) is 1. The first-order valence-electron chi connectivity index (χ1n) is 14.7. The summed E-state index contributed by atoms with van der Waals surface area (Å²) in [7, 11) is 0. The lowest BCUT2D eigenvalue weighted by molar-refractivity contribution is 0.303. The number of phenols is 1. The van der Waals surface area contributed by atoms with Gasteiger partial charge in [-0.2, -0.15) is 0 Å². The predicted octanol–water partition coefficient (Wildman–Crippen LogP) is 9.46. The van der Waals surface area contributed by atoms with Crippen molar-refractivity contribution in [2.75, 3.05) is 6.61 Å². The molecule has 0 saturated heterocycles. The van der Waals surface area contributed by atoms with Gasteiger partial charge in [0, 0.05) is 17.2 Å². The SMILES string of the molecule is CCCCCCOc1ccc(-c2nc(-c3ccc(C)c4ccccc34)nc(-c3ccc(C)c4ccccc34)n2)c(O)c1. The van der Waals surface area contributed by atoms with E-state index in [0.717, 1.165) is 45.5 Å². The van der Waals surface area contributed by atoms with E-state index in [1.807, 2.05) is 36.4 Å². The van der Waals surface area contributed by atoms with E-state index in [4.69, 9.17) is 19.7 Å². The third-order valence-electron chi connectivity index (χ3n) is 7.88. The zero-order valence-electron chi connectivity index (χ0n) is 24.4. The number of hydrogen-bond donors (Lipinski definition) is 1. The number of aryl methyl sites for hydroxylation is 2. The van der Waals surface area contributed by atoms with Crippen LogP contribution in [0.15, 0.2) is 91.0 Å². The maximum absolute atomic E-state index is 11.1. The van der Waals surface area contributed by atoms with Crippen LogP contribution < -0.4 is 4.74 Å². The van der Waals surface area contributed by atoms with Crippen molar-refractivity contribution in [2.24, 2.45) is 0 Å². The average Bonchev–Trinajstić information content (AvgIpc) is 3.01. The Morgan fingerprint density at radius 1 is 0.571 bits per heavy atom. The second kappa shape index (κ2) is 12.0. The lowest BCUT2D eigenvalue weighted by Gasteiger charge is -2.14. The Kier molecular flexibility index (Phi) is 7.83. The normalized spacial score (nSPS) is 11.3. The Morgan fingerprint density at radius 2 is 1.07 bits per heavy atom. The molecule has 1 heterocycles. The van der Waals surface area contributed by atoms with E-state index in [0.29, 0.717) is 35.4 Å². The minimum atomic E-state index is 0.0756. The van der Waals surface area contributed by atoms with Crippen LogP contribution in [-0.4, -0.2) is 26.7 Å². The van der Waals surface area contributed by atoms with Gasteiger partial charge in [-0.05, 0) is 65.1 Å². The summed E-state index contributed by atoms with van der Waals surface area (Å²) in [6, 6.07) is 30.3. The fraction of sp³-hybridized carbons (Fsp3) is 0.216. The molecule has 0 aliphatic carbocycles. The zero-order valence-corrected chi connectivity index (χ0v) is 24.4. The van der Waals surface area contributed by atoms with E-state index in [1.165, 1.54) is 24.0 Å². The Morgan fingerprint density at radius 3 is 1.60 bits per heavy atom. The van der Waals surface area contributed by atoms with Crippen molar-refractivity contribution >= 4 is 21.5 Å². The monoisotopic (exact) mass is 553 g/mol. The standard InChI is InChI=1S/C37H35N3O2/c1-4-5-6-11-22-42-26-18-21-33(34(41)23-26)37-39-35(31-19-16-24(2)27-12-7-9-14-29(27)31)38-36(40-37)32-20-17-25(3)28-13-8-10-15-30(28)32/h7-10,12-21,23,41H,4-6,11,22H2,1-3H3. The molecular formula is C37H35N3O2. The van der Waals surface area contributed by atoms with E-state index in [-0.39, 0.29) is 5.75 Å². The number of fused-ring (bicyclic) bond motifs is 2. The van der Waals surface area contributed by atoms with Crippen molar-refractivity contribution in [2.45, 2.75) is 46.5 Å². The maximum Gasteiger partial charge on any atom is 0.167 e. The largest absolute Gasteiger partial charge is 0.507 e. The molecule has 5 aromatic carbocycles. The maximum atomic E-state index is 11.1. The molecule has 0 atom stereocenters. The molecule has 210 valence electrons. The molecule has 0 spiro atoms. The van der Waals surface area contributed by atoms with Gasteiger partial charge in [-0.25, -0.2) is 15.0 Å². The van der Waals surface area contributed by atoms with Gasteiger partial charge in [-0.3, -0.25) is 0 Å². The van der Waals surface area contributed by atoms with Crippen LogP contribution in [0.25, 0.3) is 55.7 Å². The Balaban J connectivity index is 1.50. The molecule has 0 fully saturated rings. The average molecular weight is 554 g/mol. The van der Waals surface area contributed by atoms with Gasteiger partial charge in [0.05, 0.1) is 12.2 Å². The molecule has 0 unspecified atom stereocenters. The quantitative estimate of drug-likeness (QED) is 0.181. The van der Waals surface area contributed by atoms with Crippen molar-refractivity contribution in [3.05, 3.63) is 102 Å². The number of rotatable bonds is 9. The van der Waals surface area contributed by atoms with E-state index < -0.39 is 0 Å². The van der Waals surface area contributed by atoms with Crippen molar-refractivity contribution in [3.8, 4) is 45.7 Å². The number of aromatic nitrogens is 3. The van der Waals surface area contributed by atoms with Crippen LogP contribution in [0, 0.1) is 13.8 Å². The molecule has 0 aliphatic heterocycles. The summed E-state index contributed by atoms with van der Waals surface area (Å²) in [5.74, 6) is 2.25. The number of benzene rings is 5. The van der Waals surface area contributed by atoms with Crippen molar-refractivity contribution in [1.82, 2.24) is 15.0 Å². The lowest BCUT2D eigenvalue weighted by Crippen LogP contribution is -2.02. The Bertz CT molecular complexity index is 1790. The highest BCUT2D eigenvalue weighted by Gasteiger charge is 2.18. The summed E-state index contributed by atoms with van der Waals surface area (Å²) >= 11 is 0. The molecule has 5 heteroatoms. The van der Waals surface area contributed by atoms with Gasteiger partial charge < -0.3 is 9.84 Å². The summed E-state index contributed by atoms with van der Waals surface area (Å²) in [5, 5.41) is 15.6. The summed E-state index contributed by atoms with van der Waals surface area (Å²) in [6.07, 6.45) is 4.51.